The summed E-state index contributed by atoms with van der Waals surface area (Å²) in [7, 11) is 0. The maximum Gasteiger partial charge on any atom is 0.296 e. The molecule has 0 unspecified atom stereocenters. The molecule has 0 aliphatic carbocycles. The fourth-order valence-corrected chi connectivity index (χ4v) is 3.22. The zero-order valence-corrected chi connectivity index (χ0v) is 15.8. The zero-order chi connectivity index (χ0) is 20.4. The minimum absolute atomic E-state index is 0.0176. The Labute approximate surface area is 161 Å². The quantitative estimate of drug-likeness (QED) is 0.380. The minimum atomic E-state index is -0.675. The monoisotopic (exact) mass is 380 g/mol. The molecule has 2 N–H and O–H groups in total. The van der Waals surface area contributed by atoms with Crippen molar-refractivity contribution < 1.29 is 19.2 Å². The maximum atomic E-state index is 12.4. The van der Waals surface area contributed by atoms with E-state index in [-0.39, 0.29) is 17.2 Å². The van der Waals surface area contributed by atoms with Gasteiger partial charge in [0.15, 0.2) is 5.76 Å². The molecule has 1 aromatic heterocycles. The number of phenolic OH excluding ortho intramolecular Hbond substituents is 1. The van der Waals surface area contributed by atoms with Gasteiger partial charge in [0.1, 0.15) is 17.2 Å². The lowest BCUT2D eigenvalue weighted by atomic mass is 9.97. The third-order valence-corrected chi connectivity index (χ3v) is 4.50. The highest BCUT2D eigenvalue weighted by atomic mass is 16.6. The fourth-order valence-electron chi connectivity index (χ4n) is 3.22. The number of benzene rings is 2. The standard InChI is InChI=1S/C21H20N2O5/c1-12-8-13(2)17(14(3)9-12)11-16-5-7-20(28-16)21(25)22-18-6-4-15(24)10-19(18)23(26)27/h4-10,24H,11H2,1-3H3,(H,22,25). The Balaban J connectivity index is 1.80. The number of amides is 1. The highest BCUT2D eigenvalue weighted by Crippen LogP contribution is 2.29. The lowest BCUT2D eigenvalue weighted by Gasteiger charge is -2.10. The van der Waals surface area contributed by atoms with E-state index in [0.29, 0.717) is 12.2 Å². The molecule has 3 rings (SSSR count). The first-order valence-electron chi connectivity index (χ1n) is 8.69. The number of carbonyl (C=O) groups excluding carboxylic acids is 1. The molecular formula is C21H20N2O5. The van der Waals surface area contributed by atoms with Gasteiger partial charge in [0, 0.05) is 6.42 Å². The fraction of sp³-hybridized carbons (Fsp3) is 0.190. The van der Waals surface area contributed by atoms with Gasteiger partial charge in [-0.05, 0) is 61.7 Å². The second kappa shape index (κ2) is 7.56. The number of hydrogen-bond donors (Lipinski definition) is 2. The second-order valence-corrected chi connectivity index (χ2v) is 6.73. The van der Waals surface area contributed by atoms with Crippen molar-refractivity contribution in [1.82, 2.24) is 0 Å². The Morgan fingerprint density at radius 1 is 1.11 bits per heavy atom. The van der Waals surface area contributed by atoms with E-state index in [0.717, 1.165) is 22.8 Å². The normalized spacial score (nSPS) is 10.7. The number of nitrogens with zero attached hydrogens (tertiary/aromatic N) is 1. The summed E-state index contributed by atoms with van der Waals surface area (Å²) in [4.78, 5) is 22.9. The van der Waals surface area contributed by atoms with Crippen molar-refractivity contribution in [2.45, 2.75) is 27.2 Å². The van der Waals surface area contributed by atoms with E-state index in [1.165, 1.54) is 23.8 Å². The number of rotatable bonds is 5. The third kappa shape index (κ3) is 4.03. The van der Waals surface area contributed by atoms with Crippen LogP contribution in [0.15, 0.2) is 46.9 Å². The van der Waals surface area contributed by atoms with E-state index in [1.54, 1.807) is 6.07 Å². The van der Waals surface area contributed by atoms with Crippen molar-refractivity contribution >= 4 is 17.3 Å². The molecule has 0 saturated heterocycles. The van der Waals surface area contributed by atoms with Crippen molar-refractivity contribution in [1.29, 1.82) is 0 Å². The van der Waals surface area contributed by atoms with Crippen molar-refractivity contribution in [3.05, 3.63) is 86.4 Å². The van der Waals surface area contributed by atoms with Crippen molar-refractivity contribution in [3.8, 4) is 5.75 Å². The molecule has 0 spiro atoms. The number of hydrogen-bond acceptors (Lipinski definition) is 5. The van der Waals surface area contributed by atoms with Crippen LogP contribution < -0.4 is 5.32 Å². The van der Waals surface area contributed by atoms with Gasteiger partial charge in [-0.15, -0.1) is 0 Å². The van der Waals surface area contributed by atoms with Crippen LogP contribution in [0.5, 0.6) is 5.75 Å². The lowest BCUT2D eigenvalue weighted by Crippen LogP contribution is -2.12. The third-order valence-electron chi connectivity index (χ3n) is 4.50. The van der Waals surface area contributed by atoms with E-state index in [2.05, 4.69) is 17.4 Å². The number of carbonyl (C=O) groups is 1. The summed E-state index contributed by atoms with van der Waals surface area (Å²) in [6.07, 6.45) is 0.546. The maximum absolute atomic E-state index is 12.4. The van der Waals surface area contributed by atoms with Gasteiger partial charge in [-0.3, -0.25) is 14.9 Å². The molecule has 0 aliphatic rings. The summed E-state index contributed by atoms with van der Waals surface area (Å²) >= 11 is 0. The zero-order valence-electron chi connectivity index (χ0n) is 15.8. The first-order chi connectivity index (χ1) is 13.2. The van der Waals surface area contributed by atoms with Gasteiger partial charge in [-0.25, -0.2) is 0 Å². The van der Waals surface area contributed by atoms with Crippen LogP contribution in [0.3, 0.4) is 0 Å². The first-order valence-corrected chi connectivity index (χ1v) is 8.69. The summed E-state index contributed by atoms with van der Waals surface area (Å²) in [5.74, 6) is -0.175. The van der Waals surface area contributed by atoms with Gasteiger partial charge in [0.05, 0.1) is 11.0 Å². The molecule has 0 atom stereocenters. The molecule has 2 aromatic carbocycles. The molecule has 28 heavy (non-hydrogen) atoms. The number of nitrogens with one attached hydrogen (secondary N) is 1. The van der Waals surface area contributed by atoms with Gasteiger partial charge in [-0.1, -0.05) is 17.7 Å². The number of nitro groups is 1. The number of aromatic hydroxyl groups is 1. The Morgan fingerprint density at radius 3 is 2.43 bits per heavy atom. The molecule has 7 nitrogen and oxygen atoms in total. The van der Waals surface area contributed by atoms with Crippen molar-refractivity contribution in [2.75, 3.05) is 5.32 Å². The van der Waals surface area contributed by atoms with E-state index in [1.807, 2.05) is 20.8 Å². The lowest BCUT2D eigenvalue weighted by molar-refractivity contribution is -0.384. The van der Waals surface area contributed by atoms with Gasteiger partial charge < -0.3 is 14.8 Å². The summed E-state index contributed by atoms with van der Waals surface area (Å²) in [6.45, 7) is 6.12. The topological polar surface area (TPSA) is 106 Å². The number of phenols is 1. The van der Waals surface area contributed by atoms with Gasteiger partial charge in [0.25, 0.3) is 11.6 Å². The summed E-state index contributed by atoms with van der Waals surface area (Å²) in [5.41, 5.74) is 4.22. The number of aryl methyl sites for hydroxylation is 3. The molecule has 3 aromatic rings. The SMILES string of the molecule is Cc1cc(C)c(Cc2ccc(C(=O)Nc3ccc(O)cc3[N+](=O)[O-])o2)c(C)c1. The van der Waals surface area contributed by atoms with Gasteiger partial charge in [0.2, 0.25) is 0 Å². The Bertz CT molecular complexity index is 1050. The van der Waals surface area contributed by atoms with Crippen molar-refractivity contribution in [3.63, 3.8) is 0 Å². The van der Waals surface area contributed by atoms with Crippen LogP contribution in [0.4, 0.5) is 11.4 Å². The number of furan rings is 1. The predicted octanol–water partition coefficient (Wildman–Crippen LogP) is 4.66. The van der Waals surface area contributed by atoms with Crippen molar-refractivity contribution in [2.24, 2.45) is 0 Å². The van der Waals surface area contributed by atoms with Crippen LogP contribution in [-0.2, 0) is 6.42 Å². The van der Waals surface area contributed by atoms with E-state index in [9.17, 15) is 20.0 Å². The van der Waals surface area contributed by atoms with Gasteiger partial charge in [-0.2, -0.15) is 0 Å². The average molecular weight is 380 g/mol. The molecular weight excluding hydrogens is 360 g/mol. The van der Waals surface area contributed by atoms with Crippen LogP contribution in [0.1, 0.15) is 38.6 Å². The predicted molar refractivity (Wildman–Crippen MR) is 105 cm³/mol. The van der Waals surface area contributed by atoms with Crippen LogP contribution >= 0.6 is 0 Å². The molecule has 0 radical (unpaired) electrons. The summed E-state index contributed by atoms with van der Waals surface area (Å²) < 4.78 is 5.65. The van der Waals surface area contributed by atoms with Crippen LogP contribution in [0.25, 0.3) is 0 Å². The molecule has 144 valence electrons. The van der Waals surface area contributed by atoms with Crippen LogP contribution in [0, 0.1) is 30.9 Å². The summed E-state index contributed by atoms with van der Waals surface area (Å²) in [6, 6.07) is 11.0. The number of nitro benzene ring substituents is 1. The molecule has 7 heteroatoms. The number of anilines is 1. The highest BCUT2D eigenvalue weighted by molar-refractivity contribution is 6.03. The van der Waals surface area contributed by atoms with E-state index < -0.39 is 16.5 Å². The molecule has 0 fully saturated rings. The molecule has 1 amide bonds. The molecule has 0 saturated carbocycles. The largest absolute Gasteiger partial charge is 0.508 e. The second-order valence-electron chi connectivity index (χ2n) is 6.73. The van der Waals surface area contributed by atoms with Crippen LogP contribution in [0.2, 0.25) is 0 Å². The summed E-state index contributed by atoms with van der Waals surface area (Å²) in [5, 5.41) is 23.0. The molecule has 1 heterocycles. The molecule has 0 bridgehead atoms. The average Bonchev–Trinajstić information content (AvgIpc) is 3.08. The van der Waals surface area contributed by atoms with E-state index in [4.69, 9.17) is 4.42 Å². The smallest absolute Gasteiger partial charge is 0.296 e. The van der Waals surface area contributed by atoms with Gasteiger partial charge >= 0.3 is 0 Å². The molecule has 0 aliphatic heterocycles. The Kier molecular flexibility index (Phi) is 5.17. The van der Waals surface area contributed by atoms with Crippen LogP contribution in [-0.4, -0.2) is 15.9 Å². The van der Waals surface area contributed by atoms with E-state index >= 15 is 0 Å². The minimum Gasteiger partial charge on any atom is -0.508 e. The Morgan fingerprint density at radius 2 is 1.79 bits per heavy atom. The Hall–Kier alpha value is -3.61. The highest BCUT2D eigenvalue weighted by Gasteiger charge is 2.19. The first kappa shape index (κ1) is 19.2.